The Kier molecular flexibility index (Phi) is 5.77. The maximum absolute atomic E-state index is 11.9. The summed E-state index contributed by atoms with van der Waals surface area (Å²) in [7, 11) is -1.26. The van der Waals surface area contributed by atoms with Gasteiger partial charge in [-0.15, -0.1) is 0 Å². The van der Waals surface area contributed by atoms with E-state index in [9.17, 15) is 13.8 Å². The lowest BCUT2D eigenvalue weighted by Gasteiger charge is -2.12. The summed E-state index contributed by atoms with van der Waals surface area (Å²) < 4.78 is 21.8. The molecule has 1 aliphatic heterocycles. The molecule has 3 unspecified atom stereocenters. The van der Waals surface area contributed by atoms with Gasteiger partial charge in [-0.05, 0) is 20.3 Å². The van der Waals surface area contributed by atoms with Gasteiger partial charge in [0.2, 0.25) is 0 Å². The molecule has 1 saturated heterocycles. The van der Waals surface area contributed by atoms with Crippen LogP contribution in [0.3, 0.4) is 0 Å². The fourth-order valence-corrected chi connectivity index (χ4v) is 3.25. The number of rotatable bonds is 6. The van der Waals surface area contributed by atoms with E-state index >= 15 is 0 Å². The van der Waals surface area contributed by atoms with E-state index in [2.05, 4.69) is 4.74 Å². The van der Waals surface area contributed by atoms with Gasteiger partial charge in [0.05, 0.1) is 23.7 Å². The van der Waals surface area contributed by atoms with Crippen LogP contribution in [0.5, 0.6) is 0 Å². The zero-order chi connectivity index (χ0) is 12.8. The lowest BCUT2D eigenvalue weighted by Crippen LogP contribution is -2.28. The molecule has 6 heteroatoms. The van der Waals surface area contributed by atoms with Crippen molar-refractivity contribution in [2.75, 3.05) is 19.0 Å². The second-order valence-electron chi connectivity index (χ2n) is 3.95. The van der Waals surface area contributed by atoms with Crippen molar-refractivity contribution in [1.82, 2.24) is 0 Å². The topological polar surface area (TPSA) is 69.7 Å². The molecule has 0 spiro atoms. The molecule has 1 heterocycles. The van der Waals surface area contributed by atoms with Gasteiger partial charge in [0, 0.05) is 17.4 Å². The Morgan fingerprint density at radius 2 is 2.18 bits per heavy atom. The van der Waals surface area contributed by atoms with Gasteiger partial charge in [-0.2, -0.15) is 0 Å². The summed E-state index contributed by atoms with van der Waals surface area (Å²) in [5, 5.41) is -0.0962. The predicted molar refractivity (Wildman–Crippen MR) is 63.1 cm³/mol. The van der Waals surface area contributed by atoms with Crippen LogP contribution in [0.4, 0.5) is 0 Å². The molecule has 0 aliphatic carbocycles. The Hall–Kier alpha value is -0.750. The second kappa shape index (κ2) is 6.86. The van der Waals surface area contributed by atoms with Gasteiger partial charge < -0.3 is 9.47 Å². The number of Topliss-reactive ketones (excluding diaryl/α,β-unsaturated/α-hetero) is 1. The first-order valence-electron chi connectivity index (χ1n) is 5.70. The SMILES string of the molecule is CCOC(=O)CC(=O)CS(=O)C1CCOC1C. The smallest absolute Gasteiger partial charge is 0.313 e. The van der Waals surface area contributed by atoms with Crippen LogP contribution in [-0.4, -0.2) is 46.3 Å². The van der Waals surface area contributed by atoms with Crippen LogP contribution >= 0.6 is 0 Å². The molecule has 0 saturated carbocycles. The van der Waals surface area contributed by atoms with Crippen molar-refractivity contribution in [3.05, 3.63) is 0 Å². The molecule has 0 aromatic rings. The number of carbonyl (C=O) groups is 2. The van der Waals surface area contributed by atoms with Gasteiger partial charge in [-0.25, -0.2) is 0 Å². The standard InChI is InChI=1S/C11H18O5S/c1-3-15-11(13)6-9(12)7-17(14)10-4-5-16-8(10)2/h8,10H,3-7H2,1-2H3. The van der Waals surface area contributed by atoms with Crippen molar-refractivity contribution in [2.24, 2.45) is 0 Å². The third-order valence-electron chi connectivity index (χ3n) is 2.59. The zero-order valence-corrected chi connectivity index (χ0v) is 11.0. The van der Waals surface area contributed by atoms with Crippen molar-refractivity contribution in [1.29, 1.82) is 0 Å². The first-order chi connectivity index (χ1) is 8.04. The highest BCUT2D eigenvalue weighted by Crippen LogP contribution is 2.18. The van der Waals surface area contributed by atoms with Crippen molar-refractivity contribution in [3.63, 3.8) is 0 Å². The molecular formula is C11H18O5S. The van der Waals surface area contributed by atoms with Crippen LogP contribution in [0.15, 0.2) is 0 Å². The maximum atomic E-state index is 11.9. The van der Waals surface area contributed by atoms with E-state index < -0.39 is 16.8 Å². The fraction of sp³-hybridized carbons (Fsp3) is 0.818. The number of hydrogen-bond donors (Lipinski definition) is 0. The lowest BCUT2D eigenvalue weighted by molar-refractivity contribution is -0.145. The Morgan fingerprint density at radius 3 is 2.71 bits per heavy atom. The average Bonchev–Trinajstić information content (AvgIpc) is 2.64. The molecule has 0 amide bonds. The molecule has 0 aromatic carbocycles. The van der Waals surface area contributed by atoms with Gasteiger partial charge in [0.15, 0.2) is 5.78 Å². The van der Waals surface area contributed by atoms with Gasteiger partial charge in [0.1, 0.15) is 6.42 Å². The monoisotopic (exact) mass is 262 g/mol. The number of carbonyl (C=O) groups excluding carboxylic acids is 2. The highest BCUT2D eigenvalue weighted by atomic mass is 32.2. The summed E-state index contributed by atoms with van der Waals surface area (Å²) >= 11 is 0. The van der Waals surface area contributed by atoms with Crippen molar-refractivity contribution in [3.8, 4) is 0 Å². The van der Waals surface area contributed by atoms with E-state index in [0.717, 1.165) is 0 Å². The number of ether oxygens (including phenoxy) is 2. The minimum Gasteiger partial charge on any atom is -0.466 e. The second-order valence-corrected chi connectivity index (χ2v) is 5.60. The third-order valence-corrected chi connectivity index (χ3v) is 4.50. The fourth-order valence-electron chi connectivity index (χ4n) is 1.75. The normalized spacial score (nSPS) is 25.5. The predicted octanol–water partition coefficient (Wildman–Crippen LogP) is 0.435. The summed E-state index contributed by atoms with van der Waals surface area (Å²) in [6, 6.07) is 0. The first-order valence-corrected chi connectivity index (χ1v) is 7.09. The Morgan fingerprint density at radius 1 is 1.47 bits per heavy atom. The summed E-state index contributed by atoms with van der Waals surface area (Å²) in [6.45, 7) is 4.37. The molecule has 17 heavy (non-hydrogen) atoms. The van der Waals surface area contributed by atoms with Crippen molar-refractivity contribution < 1.29 is 23.3 Å². The van der Waals surface area contributed by atoms with Crippen molar-refractivity contribution >= 4 is 22.6 Å². The van der Waals surface area contributed by atoms with Gasteiger partial charge in [0.25, 0.3) is 0 Å². The van der Waals surface area contributed by atoms with Crippen LogP contribution in [-0.2, 0) is 29.9 Å². The van der Waals surface area contributed by atoms with Crippen LogP contribution in [0.2, 0.25) is 0 Å². The summed E-state index contributed by atoms with van der Waals surface area (Å²) in [5.74, 6) is -0.969. The first kappa shape index (κ1) is 14.3. The molecule has 98 valence electrons. The van der Waals surface area contributed by atoms with E-state index in [4.69, 9.17) is 4.74 Å². The molecule has 0 bridgehead atoms. The molecule has 0 N–H and O–H groups in total. The van der Waals surface area contributed by atoms with E-state index in [1.54, 1.807) is 6.92 Å². The van der Waals surface area contributed by atoms with Crippen LogP contribution in [0.1, 0.15) is 26.7 Å². The lowest BCUT2D eigenvalue weighted by atomic mass is 10.3. The highest BCUT2D eigenvalue weighted by Gasteiger charge is 2.30. The Bertz CT molecular complexity index is 315. The van der Waals surface area contributed by atoms with E-state index in [0.29, 0.717) is 13.0 Å². The average molecular weight is 262 g/mol. The molecular weight excluding hydrogens is 244 g/mol. The highest BCUT2D eigenvalue weighted by molar-refractivity contribution is 7.86. The summed E-state index contributed by atoms with van der Waals surface area (Å²) in [5.41, 5.74) is 0. The Labute approximate surface area is 103 Å². The van der Waals surface area contributed by atoms with E-state index in [1.165, 1.54) is 0 Å². The zero-order valence-electron chi connectivity index (χ0n) is 10.1. The molecule has 3 atom stereocenters. The van der Waals surface area contributed by atoms with Crippen LogP contribution in [0.25, 0.3) is 0 Å². The van der Waals surface area contributed by atoms with Gasteiger partial charge >= 0.3 is 5.97 Å². The van der Waals surface area contributed by atoms with Gasteiger partial charge in [-0.1, -0.05) is 0 Å². The minimum absolute atomic E-state index is 0.0776. The molecule has 0 aromatic heterocycles. The molecule has 1 aliphatic rings. The molecule has 1 fully saturated rings. The largest absolute Gasteiger partial charge is 0.466 e. The molecule has 5 nitrogen and oxygen atoms in total. The van der Waals surface area contributed by atoms with Crippen LogP contribution < -0.4 is 0 Å². The number of hydrogen-bond acceptors (Lipinski definition) is 5. The van der Waals surface area contributed by atoms with Crippen LogP contribution in [0, 0.1) is 0 Å². The number of ketones is 1. The van der Waals surface area contributed by atoms with Gasteiger partial charge in [-0.3, -0.25) is 13.8 Å². The molecule has 1 rings (SSSR count). The number of esters is 1. The Balaban J connectivity index is 2.35. The maximum Gasteiger partial charge on any atom is 0.313 e. The third kappa shape index (κ3) is 4.55. The molecule has 0 radical (unpaired) electrons. The summed E-state index contributed by atoms with van der Waals surface area (Å²) in [4.78, 5) is 22.5. The van der Waals surface area contributed by atoms with E-state index in [-0.39, 0.29) is 35.9 Å². The van der Waals surface area contributed by atoms with Crippen molar-refractivity contribution in [2.45, 2.75) is 38.0 Å². The summed E-state index contributed by atoms with van der Waals surface area (Å²) in [6.07, 6.45) is 0.341. The quantitative estimate of drug-likeness (QED) is 0.513. The van der Waals surface area contributed by atoms with E-state index in [1.807, 2.05) is 6.92 Å². The minimum atomic E-state index is -1.26.